The van der Waals surface area contributed by atoms with Crippen LogP contribution in [0.3, 0.4) is 0 Å². The number of hydrogen-bond donors (Lipinski definition) is 1. The molecule has 3 nitrogen and oxygen atoms in total. The number of hydrogen-bond acceptors (Lipinski definition) is 4. The van der Waals surface area contributed by atoms with Crippen molar-refractivity contribution in [3.05, 3.63) is 52.0 Å². The zero-order valence-electron chi connectivity index (χ0n) is 10.1. The third kappa shape index (κ3) is 3.31. The summed E-state index contributed by atoms with van der Waals surface area (Å²) in [4.78, 5) is 9.99. The van der Waals surface area contributed by atoms with E-state index in [1.165, 1.54) is 4.90 Å². The molecule has 2 N–H and O–H groups in total. The van der Waals surface area contributed by atoms with E-state index in [-0.39, 0.29) is 0 Å². The van der Waals surface area contributed by atoms with Crippen LogP contribution in [0.15, 0.2) is 39.8 Å². The molecule has 18 heavy (non-hydrogen) atoms. The predicted octanol–water partition coefficient (Wildman–Crippen LogP) is 3.30. The van der Waals surface area contributed by atoms with Crippen LogP contribution >= 0.6 is 27.7 Å². The van der Waals surface area contributed by atoms with Gasteiger partial charge in [-0.2, -0.15) is 0 Å². The summed E-state index contributed by atoms with van der Waals surface area (Å²) in [6.07, 6.45) is 1.82. The van der Waals surface area contributed by atoms with Crippen molar-refractivity contribution in [3.63, 3.8) is 0 Å². The summed E-state index contributed by atoms with van der Waals surface area (Å²) in [6.45, 7) is 2.46. The first-order valence-electron chi connectivity index (χ1n) is 5.59. The third-order valence-electron chi connectivity index (χ3n) is 2.54. The molecular formula is C13H14BrN3S. The van der Waals surface area contributed by atoms with E-state index in [0.29, 0.717) is 6.54 Å². The van der Waals surface area contributed by atoms with Crippen molar-refractivity contribution in [2.45, 2.75) is 24.1 Å². The van der Waals surface area contributed by atoms with Crippen LogP contribution in [0.1, 0.15) is 17.1 Å². The van der Waals surface area contributed by atoms with E-state index in [9.17, 15) is 0 Å². The molecule has 1 heterocycles. The van der Waals surface area contributed by atoms with Gasteiger partial charge in [0, 0.05) is 33.4 Å². The molecule has 0 amide bonds. The minimum atomic E-state index is 0.490. The van der Waals surface area contributed by atoms with Gasteiger partial charge in [-0.3, -0.25) is 0 Å². The number of rotatable bonds is 4. The Morgan fingerprint density at radius 1 is 1.33 bits per heavy atom. The van der Waals surface area contributed by atoms with Crippen LogP contribution in [-0.2, 0) is 12.3 Å². The first-order valence-corrected chi connectivity index (χ1v) is 7.37. The van der Waals surface area contributed by atoms with Crippen molar-refractivity contribution in [2.24, 2.45) is 5.73 Å². The maximum Gasteiger partial charge on any atom is 0.138 e. The average Bonchev–Trinajstić information content (AvgIpc) is 2.38. The Morgan fingerprint density at radius 2 is 2.11 bits per heavy atom. The Morgan fingerprint density at radius 3 is 2.78 bits per heavy atom. The number of aryl methyl sites for hydroxylation is 1. The Kier molecular flexibility index (Phi) is 4.74. The quantitative estimate of drug-likeness (QED) is 0.877. The first-order chi connectivity index (χ1) is 8.70. The van der Waals surface area contributed by atoms with Gasteiger partial charge in [0.05, 0.1) is 5.75 Å². The van der Waals surface area contributed by atoms with Gasteiger partial charge in [0.2, 0.25) is 0 Å². The lowest BCUT2D eigenvalue weighted by molar-refractivity contribution is 0.923. The number of halogens is 1. The van der Waals surface area contributed by atoms with Gasteiger partial charge in [0.1, 0.15) is 5.82 Å². The van der Waals surface area contributed by atoms with Crippen molar-refractivity contribution in [2.75, 3.05) is 0 Å². The van der Waals surface area contributed by atoms with Crippen LogP contribution < -0.4 is 5.73 Å². The zero-order valence-corrected chi connectivity index (χ0v) is 12.5. The maximum atomic E-state index is 5.59. The lowest BCUT2D eigenvalue weighted by Gasteiger charge is -2.06. The molecular weight excluding hydrogens is 310 g/mol. The normalized spacial score (nSPS) is 10.6. The number of benzene rings is 1. The minimum Gasteiger partial charge on any atom is -0.326 e. The average molecular weight is 324 g/mol. The van der Waals surface area contributed by atoms with Crippen molar-refractivity contribution in [3.8, 4) is 0 Å². The van der Waals surface area contributed by atoms with Crippen molar-refractivity contribution < 1.29 is 0 Å². The maximum absolute atomic E-state index is 5.59. The van der Waals surface area contributed by atoms with Gasteiger partial charge in [0.25, 0.3) is 0 Å². The fourth-order valence-corrected chi connectivity index (χ4v) is 2.95. The predicted molar refractivity (Wildman–Crippen MR) is 78.4 cm³/mol. The van der Waals surface area contributed by atoms with E-state index in [2.05, 4.69) is 32.0 Å². The summed E-state index contributed by atoms with van der Waals surface area (Å²) in [5.74, 6) is 1.60. The summed E-state index contributed by atoms with van der Waals surface area (Å²) < 4.78 is 1.10. The molecule has 0 bridgehead atoms. The molecule has 2 rings (SSSR count). The van der Waals surface area contributed by atoms with Gasteiger partial charge in [-0.25, -0.2) is 9.97 Å². The highest BCUT2D eigenvalue weighted by Crippen LogP contribution is 2.28. The Balaban J connectivity index is 2.07. The highest BCUT2D eigenvalue weighted by Gasteiger charge is 2.04. The Labute approximate surface area is 119 Å². The Hall–Kier alpha value is -0.910. The van der Waals surface area contributed by atoms with E-state index in [4.69, 9.17) is 5.73 Å². The van der Waals surface area contributed by atoms with Crippen LogP contribution in [0.4, 0.5) is 0 Å². The summed E-state index contributed by atoms with van der Waals surface area (Å²) in [5, 5.41) is 0. The fourth-order valence-electron chi connectivity index (χ4n) is 1.51. The molecule has 1 aromatic heterocycles. The second-order valence-electron chi connectivity index (χ2n) is 3.82. The molecule has 0 saturated carbocycles. The van der Waals surface area contributed by atoms with Gasteiger partial charge >= 0.3 is 0 Å². The van der Waals surface area contributed by atoms with Crippen molar-refractivity contribution >= 4 is 27.7 Å². The molecule has 0 fully saturated rings. The molecule has 1 aromatic carbocycles. The van der Waals surface area contributed by atoms with E-state index < -0.39 is 0 Å². The summed E-state index contributed by atoms with van der Waals surface area (Å²) in [7, 11) is 0. The largest absolute Gasteiger partial charge is 0.326 e. The highest BCUT2D eigenvalue weighted by molar-refractivity contribution is 9.10. The summed E-state index contributed by atoms with van der Waals surface area (Å²) in [6, 6.07) is 8.14. The molecule has 2 aromatic rings. The molecule has 94 valence electrons. The van der Waals surface area contributed by atoms with E-state index in [1.807, 2.05) is 31.3 Å². The van der Waals surface area contributed by atoms with Gasteiger partial charge in [0.15, 0.2) is 0 Å². The smallest absolute Gasteiger partial charge is 0.138 e. The highest BCUT2D eigenvalue weighted by atomic mass is 79.9. The van der Waals surface area contributed by atoms with E-state index in [0.717, 1.165) is 27.3 Å². The SMILES string of the molecule is Cc1nc(CSc2ccccc2Br)ncc1CN. The van der Waals surface area contributed by atoms with Crippen LogP contribution in [0, 0.1) is 6.92 Å². The Bertz CT molecular complexity index is 546. The van der Waals surface area contributed by atoms with Crippen molar-refractivity contribution in [1.29, 1.82) is 0 Å². The van der Waals surface area contributed by atoms with Gasteiger partial charge in [-0.1, -0.05) is 12.1 Å². The first kappa shape index (κ1) is 13.5. The van der Waals surface area contributed by atoms with E-state index in [1.54, 1.807) is 11.8 Å². The molecule has 0 unspecified atom stereocenters. The van der Waals surface area contributed by atoms with Gasteiger partial charge in [-0.05, 0) is 35.0 Å². The monoisotopic (exact) mass is 323 g/mol. The number of nitrogens with two attached hydrogens (primary N) is 1. The molecule has 0 radical (unpaired) electrons. The molecule has 0 atom stereocenters. The summed E-state index contributed by atoms with van der Waals surface area (Å²) in [5.41, 5.74) is 7.57. The topological polar surface area (TPSA) is 51.8 Å². The van der Waals surface area contributed by atoms with Crippen LogP contribution in [0.2, 0.25) is 0 Å². The number of thioether (sulfide) groups is 1. The molecule has 0 aliphatic rings. The van der Waals surface area contributed by atoms with Gasteiger partial charge in [-0.15, -0.1) is 11.8 Å². The van der Waals surface area contributed by atoms with E-state index >= 15 is 0 Å². The van der Waals surface area contributed by atoms with Crippen LogP contribution in [0.25, 0.3) is 0 Å². The van der Waals surface area contributed by atoms with Gasteiger partial charge < -0.3 is 5.73 Å². The zero-order chi connectivity index (χ0) is 13.0. The second-order valence-corrected chi connectivity index (χ2v) is 5.69. The standard InChI is InChI=1S/C13H14BrN3S/c1-9-10(6-15)7-16-13(17-9)8-18-12-5-3-2-4-11(12)14/h2-5,7H,6,8,15H2,1H3. The lowest BCUT2D eigenvalue weighted by Crippen LogP contribution is -2.04. The summed E-state index contributed by atoms with van der Waals surface area (Å²) >= 11 is 5.25. The second kappa shape index (κ2) is 6.31. The molecule has 0 aliphatic heterocycles. The molecule has 0 aliphatic carbocycles. The third-order valence-corrected chi connectivity index (χ3v) is 4.57. The molecule has 0 saturated heterocycles. The van der Waals surface area contributed by atoms with Crippen molar-refractivity contribution in [1.82, 2.24) is 9.97 Å². The molecule has 5 heteroatoms. The lowest BCUT2D eigenvalue weighted by atomic mass is 10.2. The molecule has 0 spiro atoms. The minimum absolute atomic E-state index is 0.490. The van der Waals surface area contributed by atoms with Crippen LogP contribution in [0.5, 0.6) is 0 Å². The number of nitrogens with zero attached hydrogens (tertiary/aromatic N) is 2. The van der Waals surface area contributed by atoms with Crippen LogP contribution in [-0.4, -0.2) is 9.97 Å². The number of aromatic nitrogens is 2. The fraction of sp³-hybridized carbons (Fsp3) is 0.231.